The molecule has 0 saturated carbocycles. The van der Waals surface area contributed by atoms with Gasteiger partial charge < -0.3 is 40.3 Å². The zero-order chi connectivity index (χ0) is 52.2. The van der Waals surface area contributed by atoms with Gasteiger partial charge in [-0.25, -0.2) is 0 Å². The van der Waals surface area contributed by atoms with Crippen LogP contribution in [0.1, 0.15) is 277 Å². The lowest BCUT2D eigenvalue weighted by molar-refractivity contribution is -0.302. The van der Waals surface area contributed by atoms with Gasteiger partial charge >= 0.3 is 0 Å². The number of hydrogen-bond acceptors (Lipinski definition) is 8. The Kier molecular flexibility index (Phi) is 49.4. The first-order valence-electron chi connectivity index (χ1n) is 30.5. The Hall–Kier alpha value is -2.11. The van der Waals surface area contributed by atoms with Crippen LogP contribution < -0.4 is 5.32 Å². The Morgan fingerprint density at radius 1 is 0.486 bits per heavy atom. The van der Waals surface area contributed by atoms with Crippen molar-refractivity contribution >= 4 is 5.91 Å². The predicted molar refractivity (Wildman–Crippen MR) is 304 cm³/mol. The highest BCUT2D eigenvalue weighted by Gasteiger charge is 2.44. The summed E-state index contributed by atoms with van der Waals surface area (Å²) in [4.78, 5) is 13.1. The van der Waals surface area contributed by atoms with Gasteiger partial charge in [0.1, 0.15) is 24.4 Å². The summed E-state index contributed by atoms with van der Waals surface area (Å²) in [6.45, 7) is 3.69. The molecule has 72 heavy (non-hydrogen) atoms. The quantitative estimate of drug-likeness (QED) is 0.0261. The molecule has 0 radical (unpaired) electrons. The zero-order valence-electron chi connectivity index (χ0n) is 46.7. The Labute approximate surface area is 443 Å². The molecule has 1 rings (SSSR count). The summed E-state index contributed by atoms with van der Waals surface area (Å²) < 4.78 is 11.3. The van der Waals surface area contributed by atoms with E-state index in [1.54, 1.807) is 6.08 Å². The van der Waals surface area contributed by atoms with Crippen molar-refractivity contribution in [3.8, 4) is 0 Å². The maximum atomic E-state index is 13.1. The van der Waals surface area contributed by atoms with E-state index in [0.29, 0.717) is 6.42 Å². The van der Waals surface area contributed by atoms with Crippen molar-refractivity contribution in [2.24, 2.45) is 0 Å². The average molecular weight is 1010 g/mol. The molecule has 0 aromatic carbocycles. The van der Waals surface area contributed by atoms with Crippen LogP contribution in [0.5, 0.6) is 0 Å². The van der Waals surface area contributed by atoms with Crippen LogP contribution in [0, 0.1) is 0 Å². The SMILES string of the molecule is CC/C=C\C/C=C\C/C=C\C/C=C\CCCCCCCCCCCCCCCCCCC(=O)NC(COC1OC(CO)C(O)C(O)C1O)C(O)/C=C/CCCCCCCCCCCCCCCCCCCC. The van der Waals surface area contributed by atoms with Crippen molar-refractivity contribution in [2.45, 2.75) is 320 Å². The Balaban J connectivity index is 2.18. The van der Waals surface area contributed by atoms with Crippen LogP contribution in [0.15, 0.2) is 60.8 Å². The van der Waals surface area contributed by atoms with Gasteiger partial charge in [-0.1, -0.05) is 274 Å². The van der Waals surface area contributed by atoms with Gasteiger partial charge in [-0.05, 0) is 57.8 Å². The molecular formula is C63H115NO8. The Bertz CT molecular complexity index is 1310. The highest BCUT2D eigenvalue weighted by molar-refractivity contribution is 5.76. The summed E-state index contributed by atoms with van der Waals surface area (Å²) in [5.74, 6) is -0.175. The van der Waals surface area contributed by atoms with Crippen molar-refractivity contribution in [2.75, 3.05) is 13.2 Å². The third-order valence-corrected chi connectivity index (χ3v) is 14.3. The molecule has 7 atom stereocenters. The van der Waals surface area contributed by atoms with Gasteiger partial charge in [0, 0.05) is 6.42 Å². The first kappa shape index (κ1) is 67.9. The number of carbonyl (C=O) groups is 1. The highest BCUT2D eigenvalue weighted by Crippen LogP contribution is 2.23. The number of aliphatic hydroxyl groups excluding tert-OH is 5. The second-order valence-corrected chi connectivity index (χ2v) is 21.1. The van der Waals surface area contributed by atoms with E-state index in [4.69, 9.17) is 9.47 Å². The van der Waals surface area contributed by atoms with E-state index in [9.17, 15) is 30.3 Å². The van der Waals surface area contributed by atoms with Crippen LogP contribution >= 0.6 is 0 Å². The minimum Gasteiger partial charge on any atom is -0.394 e. The topological polar surface area (TPSA) is 149 Å². The average Bonchev–Trinajstić information content (AvgIpc) is 3.38. The molecule has 0 aromatic heterocycles. The molecule has 1 amide bonds. The first-order chi connectivity index (χ1) is 35.3. The molecule has 0 aromatic rings. The summed E-state index contributed by atoms with van der Waals surface area (Å²) in [6.07, 6.45) is 64.3. The van der Waals surface area contributed by atoms with E-state index >= 15 is 0 Å². The number of nitrogens with one attached hydrogen (secondary N) is 1. The van der Waals surface area contributed by atoms with Crippen molar-refractivity contribution in [3.63, 3.8) is 0 Å². The second kappa shape index (κ2) is 52.3. The molecule has 1 saturated heterocycles. The van der Waals surface area contributed by atoms with Crippen LogP contribution in [0.25, 0.3) is 0 Å². The van der Waals surface area contributed by atoms with Crippen LogP contribution in [0.3, 0.4) is 0 Å². The standard InChI is InChI=1S/C63H115NO8/c1-3-5-7-9-11-13-15-17-19-21-23-25-26-27-28-29-30-31-32-33-35-37-39-41-43-45-47-49-51-53-59(67)64-56(55-71-63-62(70)61(69)60(68)58(54-65)72-63)57(66)52-50-48-46-44-42-40-38-36-34-24-22-20-18-16-14-12-10-8-6-4-2/h5,7,11,13,17,19,23,25,50,52,56-58,60-63,65-66,68-70H,3-4,6,8-10,12,14-16,18,20-22,24,26-49,51,53-55H2,1-2H3,(H,64,67)/b7-5-,13-11-,19-17-,25-23-,52-50+. The lowest BCUT2D eigenvalue weighted by Crippen LogP contribution is -2.60. The lowest BCUT2D eigenvalue weighted by atomic mass is 9.99. The Morgan fingerprint density at radius 2 is 0.861 bits per heavy atom. The summed E-state index contributed by atoms with van der Waals surface area (Å²) >= 11 is 0. The van der Waals surface area contributed by atoms with Gasteiger partial charge in [-0.15, -0.1) is 0 Å². The number of ether oxygens (including phenoxy) is 2. The van der Waals surface area contributed by atoms with Crippen LogP contribution in [-0.2, 0) is 14.3 Å². The predicted octanol–water partition coefficient (Wildman–Crippen LogP) is 15.5. The molecule has 1 heterocycles. The third-order valence-electron chi connectivity index (χ3n) is 14.3. The Morgan fingerprint density at radius 3 is 1.28 bits per heavy atom. The van der Waals surface area contributed by atoms with Crippen molar-refractivity contribution in [1.82, 2.24) is 5.32 Å². The number of carbonyl (C=O) groups excluding carboxylic acids is 1. The lowest BCUT2D eigenvalue weighted by Gasteiger charge is -2.40. The summed E-state index contributed by atoms with van der Waals surface area (Å²) in [5, 5.41) is 54.6. The van der Waals surface area contributed by atoms with Gasteiger partial charge in [-0.2, -0.15) is 0 Å². The van der Waals surface area contributed by atoms with E-state index in [2.05, 4.69) is 67.8 Å². The monoisotopic (exact) mass is 1010 g/mol. The minimum atomic E-state index is -1.57. The summed E-state index contributed by atoms with van der Waals surface area (Å²) in [5.41, 5.74) is 0. The number of aliphatic hydroxyl groups is 5. The summed E-state index contributed by atoms with van der Waals surface area (Å²) in [6, 6.07) is -0.807. The van der Waals surface area contributed by atoms with Gasteiger partial charge in [-0.3, -0.25) is 4.79 Å². The number of amides is 1. The minimum absolute atomic E-state index is 0.175. The smallest absolute Gasteiger partial charge is 0.220 e. The number of rotatable bonds is 52. The maximum absolute atomic E-state index is 13.1. The molecule has 0 aliphatic carbocycles. The largest absolute Gasteiger partial charge is 0.394 e. The zero-order valence-corrected chi connectivity index (χ0v) is 46.7. The van der Waals surface area contributed by atoms with Crippen molar-refractivity contribution in [3.05, 3.63) is 60.8 Å². The molecule has 6 N–H and O–H groups in total. The van der Waals surface area contributed by atoms with Crippen LogP contribution in [-0.4, -0.2) is 87.5 Å². The second-order valence-electron chi connectivity index (χ2n) is 21.1. The molecule has 7 unspecified atom stereocenters. The van der Waals surface area contributed by atoms with E-state index in [0.717, 1.165) is 64.2 Å². The molecule has 1 fully saturated rings. The van der Waals surface area contributed by atoms with E-state index < -0.39 is 49.5 Å². The molecule has 9 nitrogen and oxygen atoms in total. The van der Waals surface area contributed by atoms with Gasteiger partial charge in [0.2, 0.25) is 5.91 Å². The van der Waals surface area contributed by atoms with Gasteiger partial charge in [0.15, 0.2) is 6.29 Å². The molecule has 0 spiro atoms. The van der Waals surface area contributed by atoms with Crippen LogP contribution in [0.4, 0.5) is 0 Å². The number of allylic oxidation sites excluding steroid dienone is 9. The van der Waals surface area contributed by atoms with Gasteiger partial charge in [0.05, 0.1) is 25.4 Å². The van der Waals surface area contributed by atoms with E-state index in [1.165, 1.54) is 193 Å². The number of unbranched alkanes of at least 4 members (excludes halogenated alkanes) is 34. The summed E-state index contributed by atoms with van der Waals surface area (Å²) in [7, 11) is 0. The van der Waals surface area contributed by atoms with Crippen molar-refractivity contribution in [1.29, 1.82) is 0 Å². The molecule has 1 aliphatic rings. The fraction of sp³-hybridized carbons (Fsp3) is 0.825. The fourth-order valence-corrected chi connectivity index (χ4v) is 9.56. The maximum Gasteiger partial charge on any atom is 0.220 e. The fourth-order valence-electron chi connectivity index (χ4n) is 9.56. The first-order valence-corrected chi connectivity index (χ1v) is 30.5. The normalized spacial score (nSPS) is 19.6. The molecule has 420 valence electrons. The molecule has 1 aliphatic heterocycles. The molecule has 0 bridgehead atoms. The molecule has 9 heteroatoms. The third kappa shape index (κ3) is 41.2. The molecular weight excluding hydrogens is 899 g/mol. The van der Waals surface area contributed by atoms with E-state index in [-0.39, 0.29) is 12.5 Å². The van der Waals surface area contributed by atoms with Gasteiger partial charge in [0.25, 0.3) is 0 Å². The van der Waals surface area contributed by atoms with E-state index in [1.807, 2.05) is 6.08 Å². The van der Waals surface area contributed by atoms with Crippen molar-refractivity contribution < 1.29 is 39.8 Å². The van der Waals surface area contributed by atoms with Crippen LogP contribution in [0.2, 0.25) is 0 Å². The number of hydrogen-bond donors (Lipinski definition) is 6. The highest BCUT2D eigenvalue weighted by atomic mass is 16.7.